The molecule has 0 aliphatic heterocycles. The van der Waals surface area contributed by atoms with Crippen LogP contribution in [0.3, 0.4) is 0 Å². The molecule has 0 radical (unpaired) electrons. The third kappa shape index (κ3) is 2.26. The normalized spacial score (nSPS) is 14.1. The molecule has 2 unspecified atom stereocenters. The quantitative estimate of drug-likeness (QED) is 0.431. The lowest BCUT2D eigenvalue weighted by atomic mass is 10.0. The number of carboxylic acid groups (broad SMARTS) is 1. The number of benzene rings is 1. The van der Waals surface area contributed by atoms with Crippen molar-refractivity contribution >= 4 is 5.97 Å². The van der Waals surface area contributed by atoms with E-state index in [0.29, 0.717) is 0 Å². The van der Waals surface area contributed by atoms with Gasteiger partial charge in [-0.15, -0.1) is 0 Å². The predicted molar refractivity (Wildman–Crippen MR) is 53.9 cm³/mol. The van der Waals surface area contributed by atoms with E-state index in [4.69, 9.17) is 15.9 Å². The van der Waals surface area contributed by atoms with Gasteiger partial charge in [-0.3, -0.25) is 4.79 Å². The van der Waals surface area contributed by atoms with Crippen LogP contribution in [0.2, 0.25) is 0 Å². The molecule has 7 nitrogen and oxygen atoms in total. The van der Waals surface area contributed by atoms with Crippen LogP contribution in [0.1, 0.15) is 11.6 Å². The number of hydrogen-bond acceptors (Lipinski definition) is 6. The van der Waals surface area contributed by atoms with Crippen molar-refractivity contribution in [1.29, 1.82) is 0 Å². The van der Waals surface area contributed by atoms with E-state index in [-0.39, 0.29) is 11.3 Å². The van der Waals surface area contributed by atoms with Crippen molar-refractivity contribution in [3.63, 3.8) is 0 Å². The van der Waals surface area contributed by atoms with Crippen molar-refractivity contribution in [2.45, 2.75) is 12.1 Å². The van der Waals surface area contributed by atoms with Gasteiger partial charge in [-0.2, -0.15) is 4.91 Å². The van der Waals surface area contributed by atoms with Crippen molar-refractivity contribution in [2.24, 2.45) is 10.9 Å². The van der Waals surface area contributed by atoms with Gasteiger partial charge in [-0.05, 0) is 17.7 Å². The molecule has 0 aromatic heterocycles. The van der Waals surface area contributed by atoms with Gasteiger partial charge in [0.25, 0.3) is 0 Å². The summed E-state index contributed by atoms with van der Waals surface area (Å²) >= 11 is 0. The molecular formula is C9H10N2O5. The first-order valence-corrected chi connectivity index (χ1v) is 4.30. The first kappa shape index (κ1) is 11.9. The molecule has 0 amide bonds. The maximum absolute atomic E-state index is 10.6. The number of carboxylic acids is 1. The number of aliphatic carboxylic acids is 1. The third-order valence-corrected chi connectivity index (χ3v) is 2.08. The largest absolute Gasteiger partial charge is 0.504 e. The van der Waals surface area contributed by atoms with Crippen LogP contribution in [-0.2, 0) is 4.79 Å². The Kier molecular flexibility index (Phi) is 3.41. The van der Waals surface area contributed by atoms with Gasteiger partial charge in [0.05, 0.1) is 0 Å². The van der Waals surface area contributed by atoms with E-state index >= 15 is 0 Å². The minimum atomic E-state index is -1.50. The molecule has 0 spiro atoms. The first-order valence-electron chi connectivity index (χ1n) is 4.30. The fourth-order valence-corrected chi connectivity index (χ4v) is 1.19. The Hall–Kier alpha value is -2.15. The molecule has 0 fully saturated rings. The molecule has 0 saturated heterocycles. The van der Waals surface area contributed by atoms with Gasteiger partial charge >= 0.3 is 5.97 Å². The topological polar surface area (TPSA) is 133 Å². The molecule has 1 aromatic carbocycles. The molecule has 0 bridgehead atoms. The maximum Gasteiger partial charge on any atom is 0.323 e. The summed E-state index contributed by atoms with van der Waals surface area (Å²) in [7, 11) is 0. The average molecular weight is 226 g/mol. The van der Waals surface area contributed by atoms with Gasteiger partial charge < -0.3 is 21.1 Å². The summed E-state index contributed by atoms with van der Waals surface area (Å²) in [6.45, 7) is 0. The van der Waals surface area contributed by atoms with Crippen molar-refractivity contribution < 1.29 is 20.1 Å². The van der Waals surface area contributed by atoms with Crippen LogP contribution in [0, 0.1) is 4.91 Å². The second kappa shape index (κ2) is 4.58. The average Bonchev–Trinajstić information content (AvgIpc) is 2.24. The van der Waals surface area contributed by atoms with Gasteiger partial charge in [-0.1, -0.05) is 11.2 Å². The lowest BCUT2D eigenvalue weighted by molar-refractivity contribution is -0.139. The minimum absolute atomic E-state index is 0.125. The van der Waals surface area contributed by atoms with E-state index < -0.39 is 23.8 Å². The number of aromatic hydroxyl groups is 2. The van der Waals surface area contributed by atoms with Crippen LogP contribution in [0.25, 0.3) is 0 Å². The third-order valence-electron chi connectivity index (χ3n) is 2.08. The van der Waals surface area contributed by atoms with E-state index in [9.17, 15) is 14.8 Å². The molecule has 5 N–H and O–H groups in total. The summed E-state index contributed by atoms with van der Waals surface area (Å²) in [6, 6.07) is 0.622. The van der Waals surface area contributed by atoms with E-state index in [2.05, 4.69) is 5.18 Å². The first-order chi connectivity index (χ1) is 7.47. The number of carbonyl (C=O) groups is 1. The summed E-state index contributed by atoms with van der Waals surface area (Å²) in [5.41, 5.74) is 5.38. The number of nitrogens with zero attached hydrogens (tertiary/aromatic N) is 1. The maximum atomic E-state index is 10.6. The van der Waals surface area contributed by atoms with Gasteiger partial charge in [0.2, 0.25) is 0 Å². The summed E-state index contributed by atoms with van der Waals surface area (Å²) in [4.78, 5) is 21.1. The highest BCUT2D eigenvalue weighted by Crippen LogP contribution is 2.30. The Morgan fingerprint density at radius 3 is 2.38 bits per heavy atom. The van der Waals surface area contributed by atoms with E-state index in [1.54, 1.807) is 0 Å². The fourth-order valence-electron chi connectivity index (χ4n) is 1.19. The molecule has 2 atom stereocenters. The smallest absolute Gasteiger partial charge is 0.323 e. The second-order valence-corrected chi connectivity index (χ2v) is 3.16. The van der Waals surface area contributed by atoms with Crippen LogP contribution in [0.15, 0.2) is 23.4 Å². The Morgan fingerprint density at radius 1 is 1.31 bits per heavy atom. The van der Waals surface area contributed by atoms with E-state index in [0.717, 1.165) is 12.1 Å². The molecule has 0 saturated carbocycles. The summed E-state index contributed by atoms with van der Waals surface area (Å²) in [6.07, 6.45) is 0. The summed E-state index contributed by atoms with van der Waals surface area (Å²) in [5.74, 6) is -2.22. The lowest BCUT2D eigenvalue weighted by Gasteiger charge is -2.14. The van der Waals surface area contributed by atoms with Gasteiger partial charge in [0.1, 0.15) is 12.1 Å². The van der Waals surface area contributed by atoms with E-state index in [1.807, 2.05) is 0 Å². The second-order valence-electron chi connectivity index (χ2n) is 3.16. The summed E-state index contributed by atoms with van der Waals surface area (Å²) in [5, 5.41) is 29.5. The summed E-state index contributed by atoms with van der Waals surface area (Å²) < 4.78 is 0. The fraction of sp³-hybridized carbons (Fsp3) is 0.222. The molecule has 1 aromatic rings. The number of nitrogens with two attached hydrogens (primary N) is 1. The van der Waals surface area contributed by atoms with Gasteiger partial charge in [-0.25, -0.2) is 0 Å². The highest BCUT2D eigenvalue weighted by molar-refractivity contribution is 5.74. The van der Waals surface area contributed by atoms with Crippen molar-refractivity contribution in [3.8, 4) is 11.5 Å². The van der Waals surface area contributed by atoms with Gasteiger partial charge in [0, 0.05) is 0 Å². The van der Waals surface area contributed by atoms with Crippen LogP contribution in [0.4, 0.5) is 0 Å². The standard InChI is InChI=1S/C9H10N2O5/c10-7(9(14)15)8(11-16)4-1-2-5(12)6(13)3-4/h1-3,7-8,12-13H,10H2,(H,14,15). The SMILES string of the molecule is NC(C(=O)O)C(N=O)c1ccc(O)c(O)c1. The molecule has 7 heteroatoms. The Balaban J connectivity index is 3.09. The lowest BCUT2D eigenvalue weighted by Crippen LogP contribution is -2.35. The molecule has 86 valence electrons. The number of hydrogen-bond donors (Lipinski definition) is 4. The molecule has 0 aliphatic carbocycles. The van der Waals surface area contributed by atoms with Crippen LogP contribution >= 0.6 is 0 Å². The van der Waals surface area contributed by atoms with Crippen molar-refractivity contribution in [2.75, 3.05) is 0 Å². The number of rotatable bonds is 4. The molecule has 16 heavy (non-hydrogen) atoms. The van der Waals surface area contributed by atoms with Crippen molar-refractivity contribution in [1.82, 2.24) is 0 Å². The zero-order valence-electron chi connectivity index (χ0n) is 8.07. The molecule has 1 rings (SSSR count). The van der Waals surface area contributed by atoms with Crippen molar-refractivity contribution in [3.05, 3.63) is 28.7 Å². The Bertz CT molecular complexity index is 420. The number of phenolic OH excluding ortho intramolecular Hbond substituents is 2. The zero-order chi connectivity index (χ0) is 12.3. The van der Waals surface area contributed by atoms with Gasteiger partial charge in [0.15, 0.2) is 11.5 Å². The Labute approximate surface area is 90.1 Å². The monoisotopic (exact) mass is 226 g/mol. The Morgan fingerprint density at radius 2 is 1.94 bits per heavy atom. The highest BCUT2D eigenvalue weighted by atomic mass is 16.4. The molecule has 0 aliphatic rings. The number of nitroso groups, excluding NO2 is 1. The van der Waals surface area contributed by atoms with E-state index in [1.165, 1.54) is 6.07 Å². The minimum Gasteiger partial charge on any atom is -0.504 e. The highest BCUT2D eigenvalue weighted by Gasteiger charge is 2.27. The molecule has 0 heterocycles. The predicted octanol–water partition coefficient (Wildman–Crippen LogP) is 0.317. The van der Waals surface area contributed by atoms with Crippen LogP contribution in [-0.4, -0.2) is 27.3 Å². The number of phenols is 2. The zero-order valence-corrected chi connectivity index (χ0v) is 8.07. The van der Waals surface area contributed by atoms with Crippen LogP contribution < -0.4 is 5.73 Å². The van der Waals surface area contributed by atoms with Crippen LogP contribution in [0.5, 0.6) is 11.5 Å². The molecular weight excluding hydrogens is 216 g/mol.